The fourth-order valence-electron chi connectivity index (χ4n) is 10.5. The molecule has 0 heterocycles. The molecule has 0 aliphatic carbocycles. The highest BCUT2D eigenvalue weighted by Crippen LogP contribution is 2.45. The summed E-state index contributed by atoms with van der Waals surface area (Å²) in [5.41, 5.74) is 0. The fraction of sp³-hybridized carbons (Fsp3) is 0.943. The Morgan fingerprint density at radius 3 is 0.764 bits per heavy atom. The largest absolute Gasteiger partial charge is 0.472 e. The van der Waals surface area contributed by atoms with Gasteiger partial charge in [-0.05, 0) is 43.4 Å². The van der Waals surface area contributed by atoms with Crippen LogP contribution in [0.4, 0.5) is 0 Å². The molecule has 0 aromatic carbocycles. The molecule has 0 fully saturated rings. The Hall–Kier alpha value is -1.94. The summed E-state index contributed by atoms with van der Waals surface area (Å²) in [4.78, 5) is 72.5. The quantitative estimate of drug-likeness (QED) is 0.0222. The highest BCUT2D eigenvalue weighted by Gasteiger charge is 2.30. The minimum atomic E-state index is -4.95. The summed E-state index contributed by atoms with van der Waals surface area (Å²) in [6.45, 7) is 11.7. The van der Waals surface area contributed by atoms with Crippen LogP contribution >= 0.6 is 15.6 Å². The van der Waals surface area contributed by atoms with E-state index in [1.165, 1.54) is 154 Å². The number of rotatable bonds is 68. The Bertz CT molecular complexity index is 1750. The molecule has 2 unspecified atom stereocenters. The van der Waals surface area contributed by atoms with Crippen LogP contribution in [0.1, 0.15) is 350 Å². The molecule has 3 N–H and O–H groups in total. The zero-order valence-corrected chi connectivity index (χ0v) is 59.7. The van der Waals surface area contributed by atoms with E-state index in [1.54, 1.807) is 0 Å². The van der Waals surface area contributed by atoms with Gasteiger partial charge >= 0.3 is 39.5 Å². The molecule has 5 atom stereocenters. The molecule has 528 valence electrons. The first-order valence-corrected chi connectivity index (χ1v) is 39.3. The van der Waals surface area contributed by atoms with Crippen LogP contribution in [0.5, 0.6) is 0 Å². The molecule has 0 saturated carbocycles. The van der Waals surface area contributed by atoms with E-state index < -0.39 is 97.5 Å². The lowest BCUT2D eigenvalue weighted by Crippen LogP contribution is -2.30. The summed E-state index contributed by atoms with van der Waals surface area (Å²) < 4.78 is 68.2. The van der Waals surface area contributed by atoms with Crippen molar-refractivity contribution in [2.45, 2.75) is 369 Å². The molecule has 17 nitrogen and oxygen atoms in total. The van der Waals surface area contributed by atoms with E-state index >= 15 is 0 Å². The third-order valence-corrected chi connectivity index (χ3v) is 18.0. The fourth-order valence-corrected chi connectivity index (χ4v) is 12.1. The lowest BCUT2D eigenvalue weighted by molar-refractivity contribution is -0.161. The highest BCUT2D eigenvalue weighted by atomic mass is 31.2. The maximum absolute atomic E-state index is 13.0. The lowest BCUT2D eigenvalue weighted by Gasteiger charge is -2.21. The van der Waals surface area contributed by atoms with Crippen molar-refractivity contribution in [2.75, 3.05) is 39.6 Å². The molecule has 0 saturated heterocycles. The maximum Gasteiger partial charge on any atom is 0.472 e. The molecule has 0 radical (unpaired) electrons. The number of phosphoric acid groups is 2. The number of aliphatic hydroxyl groups is 1. The van der Waals surface area contributed by atoms with Gasteiger partial charge < -0.3 is 33.8 Å². The maximum atomic E-state index is 13.0. The van der Waals surface area contributed by atoms with Crippen molar-refractivity contribution in [1.29, 1.82) is 0 Å². The van der Waals surface area contributed by atoms with Crippen molar-refractivity contribution in [3.8, 4) is 0 Å². The van der Waals surface area contributed by atoms with Gasteiger partial charge in [-0.25, -0.2) is 9.13 Å². The molecule has 0 spiro atoms. The van der Waals surface area contributed by atoms with Gasteiger partial charge in [0.25, 0.3) is 0 Å². The van der Waals surface area contributed by atoms with Gasteiger partial charge in [-0.1, -0.05) is 299 Å². The Morgan fingerprint density at radius 2 is 0.517 bits per heavy atom. The van der Waals surface area contributed by atoms with Gasteiger partial charge in [-0.15, -0.1) is 0 Å². The minimum Gasteiger partial charge on any atom is -0.462 e. The molecular weight excluding hydrogens is 1170 g/mol. The Kier molecular flexibility index (Phi) is 59.6. The van der Waals surface area contributed by atoms with Crippen LogP contribution in [-0.4, -0.2) is 96.7 Å². The molecule has 0 bridgehead atoms. The molecule has 0 amide bonds. The van der Waals surface area contributed by atoms with Gasteiger partial charge in [0.15, 0.2) is 12.2 Å². The van der Waals surface area contributed by atoms with Crippen LogP contribution < -0.4 is 0 Å². The number of ether oxygens (including phenoxy) is 4. The third kappa shape index (κ3) is 64.6. The normalized spacial score (nSPS) is 14.2. The van der Waals surface area contributed by atoms with Crippen molar-refractivity contribution in [2.24, 2.45) is 17.8 Å². The summed E-state index contributed by atoms with van der Waals surface area (Å²) in [6, 6.07) is 0. The van der Waals surface area contributed by atoms with Gasteiger partial charge in [0.2, 0.25) is 0 Å². The number of carbonyl (C=O) groups is 4. The van der Waals surface area contributed by atoms with Crippen LogP contribution in [0.25, 0.3) is 0 Å². The number of carbonyl (C=O) groups excluding carboxylic acids is 4. The van der Waals surface area contributed by atoms with E-state index in [-0.39, 0.29) is 25.7 Å². The van der Waals surface area contributed by atoms with E-state index in [2.05, 4.69) is 48.5 Å². The third-order valence-electron chi connectivity index (χ3n) is 16.1. The van der Waals surface area contributed by atoms with E-state index in [1.807, 2.05) is 0 Å². The average molecular weight is 1310 g/mol. The van der Waals surface area contributed by atoms with Crippen molar-refractivity contribution in [3.63, 3.8) is 0 Å². The first-order chi connectivity index (χ1) is 42.7. The number of unbranched alkanes of at least 4 members (excludes halogenated alkanes) is 36. The van der Waals surface area contributed by atoms with Gasteiger partial charge in [-0.2, -0.15) is 0 Å². The number of esters is 4. The lowest BCUT2D eigenvalue weighted by atomic mass is 10.0. The summed E-state index contributed by atoms with van der Waals surface area (Å²) in [6.07, 6.45) is 44.6. The van der Waals surface area contributed by atoms with E-state index in [9.17, 15) is 43.2 Å². The van der Waals surface area contributed by atoms with Gasteiger partial charge in [0.05, 0.1) is 26.4 Å². The van der Waals surface area contributed by atoms with Gasteiger partial charge in [0, 0.05) is 25.7 Å². The predicted molar refractivity (Wildman–Crippen MR) is 358 cm³/mol. The minimum absolute atomic E-state index is 0.102. The SMILES string of the molecule is CCCCCCCCCCCCCCCC(=O)OC[C@H](COP(=O)(O)OC[C@@H](O)COP(=O)(O)OC[C@@H](COC(=O)CCCCCCCCCC(C)C)OC(=O)CCCCCCCCCC(C)C)OC(=O)CCCCCCCCCCCCCCCC(C)C. The molecule has 0 rings (SSSR count). The van der Waals surface area contributed by atoms with Crippen LogP contribution in [-0.2, 0) is 65.4 Å². The average Bonchev–Trinajstić information content (AvgIpc) is 3.70. The second-order valence-electron chi connectivity index (χ2n) is 26.7. The zero-order chi connectivity index (χ0) is 65.9. The van der Waals surface area contributed by atoms with E-state index in [0.717, 1.165) is 102 Å². The monoisotopic (exact) mass is 1310 g/mol. The number of hydrogen-bond acceptors (Lipinski definition) is 15. The van der Waals surface area contributed by atoms with Crippen LogP contribution in [0, 0.1) is 17.8 Å². The highest BCUT2D eigenvalue weighted by molar-refractivity contribution is 7.47. The molecule has 0 aromatic rings. The smallest absolute Gasteiger partial charge is 0.462 e. The molecule has 0 aliphatic rings. The summed E-state index contributed by atoms with van der Waals surface area (Å²) in [7, 11) is -9.90. The van der Waals surface area contributed by atoms with Gasteiger partial charge in [-0.3, -0.25) is 37.3 Å². The molecule has 0 aromatic heterocycles. The predicted octanol–water partition coefficient (Wildman–Crippen LogP) is 19.8. The topological polar surface area (TPSA) is 237 Å². The first-order valence-electron chi connectivity index (χ1n) is 36.3. The Balaban J connectivity index is 5.24. The van der Waals surface area contributed by atoms with Crippen molar-refractivity contribution in [1.82, 2.24) is 0 Å². The first kappa shape index (κ1) is 87.1. The molecule has 0 aliphatic heterocycles. The number of aliphatic hydroxyl groups excluding tert-OH is 1. The van der Waals surface area contributed by atoms with Crippen LogP contribution in [0.3, 0.4) is 0 Å². The summed E-state index contributed by atoms with van der Waals surface area (Å²) >= 11 is 0. The second-order valence-corrected chi connectivity index (χ2v) is 29.6. The summed E-state index contributed by atoms with van der Waals surface area (Å²) in [5, 5.41) is 10.6. The number of hydrogen-bond donors (Lipinski definition) is 3. The Morgan fingerprint density at radius 1 is 0.303 bits per heavy atom. The molecule has 19 heteroatoms. The summed E-state index contributed by atoms with van der Waals surface area (Å²) in [5.74, 6) is 0.0591. The van der Waals surface area contributed by atoms with Gasteiger partial charge in [0.1, 0.15) is 19.3 Å². The molecular formula is C70H136O17P2. The zero-order valence-electron chi connectivity index (χ0n) is 57.9. The number of phosphoric ester groups is 2. The van der Waals surface area contributed by atoms with Crippen molar-refractivity contribution < 1.29 is 80.2 Å². The molecule has 89 heavy (non-hydrogen) atoms. The van der Waals surface area contributed by atoms with Crippen LogP contribution in [0.2, 0.25) is 0 Å². The van der Waals surface area contributed by atoms with E-state index in [4.69, 9.17) is 37.0 Å². The second kappa shape index (κ2) is 61.0. The van der Waals surface area contributed by atoms with Crippen molar-refractivity contribution in [3.05, 3.63) is 0 Å². The standard InChI is InChI=1S/C70H136O17P2/c1-8-9-10-11-12-13-14-16-20-23-30-37-44-51-67(72)80-57-65(86-69(74)53-46-39-31-24-21-18-15-17-19-22-27-34-41-48-61(2)3)59-84-88(76,77)82-55-64(71)56-83-89(78,79)85-60-66(87-70(75)54-47-40-33-26-29-36-43-50-63(6)7)58-81-68(73)52-45-38-32-25-28-35-42-49-62(4)5/h61-66,71H,8-60H2,1-7H3,(H,76,77)(H,78,79)/t64-,65-,66-/m1/s1. The van der Waals surface area contributed by atoms with Crippen LogP contribution in [0.15, 0.2) is 0 Å². The van der Waals surface area contributed by atoms with Crippen molar-refractivity contribution >= 4 is 39.5 Å². The van der Waals surface area contributed by atoms with E-state index in [0.29, 0.717) is 37.5 Å². The Labute approximate surface area is 543 Å².